The number of hydrogen-bond acceptors (Lipinski definition) is 4. The first-order chi connectivity index (χ1) is 9.04. The maximum absolute atomic E-state index is 11.3. The van der Waals surface area contributed by atoms with Crippen LogP contribution in [-0.4, -0.2) is 36.5 Å². The zero-order valence-electron chi connectivity index (χ0n) is 12.5. The van der Waals surface area contributed by atoms with E-state index in [4.69, 9.17) is 0 Å². The maximum Gasteiger partial charge on any atom is 0.316 e. The Kier molecular flexibility index (Phi) is 6.28. The van der Waals surface area contributed by atoms with Crippen LogP contribution in [0.4, 0.5) is 5.82 Å². The molecule has 1 heterocycles. The van der Waals surface area contributed by atoms with Crippen LogP contribution < -0.4 is 4.90 Å². The molecule has 0 aliphatic rings. The predicted octanol–water partition coefficient (Wildman–Crippen LogP) is 3.18. The summed E-state index contributed by atoms with van der Waals surface area (Å²) < 4.78 is 6.97. The van der Waals surface area contributed by atoms with Crippen LogP contribution in [0.25, 0.3) is 0 Å². The third-order valence-corrected chi connectivity index (χ3v) is 4.04. The van der Waals surface area contributed by atoms with E-state index in [-0.39, 0.29) is 5.97 Å². The Labute approximate surface area is 120 Å². The van der Waals surface area contributed by atoms with Gasteiger partial charge in [0.2, 0.25) is 0 Å². The summed E-state index contributed by atoms with van der Waals surface area (Å²) in [4.78, 5) is 13.6. The molecule has 0 aromatic carbocycles. The molecule has 0 aliphatic heterocycles. The van der Waals surface area contributed by atoms with Gasteiger partial charge in [-0.05, 0) is 39.8 Å². The summed E-state index contributed by atoms with van der Waals surface area (Å²) in [6, 6.07) is 4.58. The average molecular weight is 284 g/mol. The summed E-state index contributed by atoms with van der Waals surface area (Å²) in [6.07, 6.45) is 0. The largest absolute Gasteiger partial charge is 0.468 e. The number of carbonyl (C=O) groups is 1. The van der Waals surface area contributed by atoms with Gasteiger partial charge in [0.15, 0.2) is 0 Å². The number of ether oxygens (including phenoxy) is 1. The van der Waals surface area contributed by atoms with Crippen LogP contribution >= 0.6 is 11.8 Å². The molecule has 0 spiro atoms. The van der Waals surface area contributed by atoms with Crippen LogP contribution in [0.1, 0.15) is 33.7 Å². The third-order valence-electron chi connectivity index (χ3n) is 3.03. The lowest BCUT2D eigenvalue weighted by molar-refractivity contribution is -0.137. The molecule has 0 aliphatic carbocycles. The molecule has 1 aromatic heterocycles. The molecule has 0 radical (unpaired) electrons. The number of thioether (sulfide) groups is 1. The van der Waals surface area contributed by atoms with Crippen molar-refractivity contribution in [1.29, 1.82) is 0 Å². The molecule has 0 unspecified atom stereocenters. The van der Waals surface area contributed by atoms with Crippen molar-refractivity contribution in [2.75, 3.05) is 30.9 Å². The first-order valence-electron chi connectivity index (χ1n) is 6.70. The van der Waals surface area contributed by atoms with E-state index < -0.39 is 0 Å². The van der Waals surface area contributed by atoms with Crippen molar-refractivity contribution < 1.29 is 9.53 Å². The zero-order valence-corrected chi connectivity index (χ0v) is 13.3. The number of methoxy groups -OCH3 is 1. The molecular weight excluding hydrogens is 260 g/mol. The van der Waals surface area contributed by atoms with Gasteiger partial charge in [0.25, 0.3) is 0 Å². The lowest BCUT2D eigenvalue weighted by Crippen LogP contribution is -2.25. The smallest absolute Gasteiger partial charge is 0.316 e. The minimum atomic E-state index is -0.189. The van der Waals surface area contributed by atoms with Crippen LogP contribution in [0.15, 0.2) is 17.2 Å². The lowest BCUT2D eigenvalue weighted by atomic mass is 10.4. The monoisotopic (exact) mass is 284 g/mol. The number of rotatable bonds is 7. The molecule has 1 rings (SSSR count). The number of hydrogen-bond donors (Lipinski definition) is 0. The van der Waals surface area contributed by atoms with E-state index in [1.807, 2.05) is 0 Å². The van der Waals surface area contributed by atoms with Gasteiger partial charge in [-0.25, -0.2) is 0 Å². The van der Waals surface area contributed by atoms with Gasteiger partial charge in [-0.3, -0.25) is 4.79 Å². The standard InChI is InChI=1S/C14H24N2O2S/c1-6-15(7-2)12-8-9-13(16(12)11(3)4)19-10-14(17)18-5/h8-9,11H,6-7,10H2,1-5H3. The fourth-order valence-electron chi connectivity index (χ4n) is 2.05. The summed E-state index contributed by atoms with van der Waals surface area (Å²) >= 11 is 1.53. The van der Waals surface area contributed by atoms with Gasteiger partial charge in [0, 0.05) is 19.1 Å². The van der Waals surface area contributed by atoms with Crippen molar-refractivity contribution in [1.82, 2.24) is 4.57 Å². The fraction of sp³-hybridized carbons (Fsp3) is 0.643. The molecule has 108 valence electrons. The number of nitrogens with zero attached hydrogens (tertiary/aromatic N) is 2. The van der Waals surface area contributed by atoms with E-state index in [9.17, 15) is 4.79 Å². The van der Waals surface area contributed by atoms with E-state index in [2.05, 4.69) is 54.0 Å². The van der Waals surface area contributed by atoms with Crippen molar-refractivity contribution in [3.8, 4) is 0 Å². The second-order valence-electron chi connectivity index (χ2n) is 4.53. The predicted molar refractivity (Wildman–Crippen MR) is 81.1 cm³/mol. The Morgan fingerprint density at radius 1 is 1.37 bits per heavy atom. The minimum Gasteiger partial charge on any atom is -0.468 e. The highest BCUT2D eigenvalue weighted by atomic mass is 32.2. The Morgan fingerprint density at radius 3 is 2.47 bits per heavy atom. The zero-order chi connectivity index (χ0) is 14.4. The van der Waals surface area contributed by atoms with E-state index in [1.54, 1.807) is 0 Å². The molecule has 0 saturated carbocycles. The van der Waals surface area contributed by atoms with Gasteiger partial charge in [-0.1, -0.05) is 11.8 Å². The number of anilines is 1. The van der Waals surface area contributed by atoms with Gasteiger partial charge in [0.05, 0.1) is 17.9 Å². The van der Waals surface area contributed by atoms with E-state index >= 15 is 0 Å². The summed E-state index contributed by atoms with van der Waals surface area (Å²) in [5.74, 6) is 1.38. The third kappa shape index (κ3) is 3.93. The van der Waals surface area contributed by atoms with Crippen LogP contribution in [-0.2, 0) is 9.53 Å². The molecule has 0 atom stereocenters. The first-order valence-corrected chi connectivity index (χ1v) is 7.69. The Morgan fingerprint density at radius 2 is 2.00 bits per heavy atom. The van der Waals surface area contributed by atoms with Crippen molar-refractivity contribution in [3.05, 3.63) is 12.1 Å². The second-order valence-corrected chi connectivity index (χ2v) is 5.53. The molecule has 0 saturated heterocycles. The molecule has 0 N–H and O–H groups in total. The number of aromatic nitrogens is 1. The Hall–Kier alpha value is -1.10. The number of esters is 1. The van der Waals surface area contributed by atoms with E-state index in [0.29, 0.717) is 11.8 Å². The fourth-order valence-corrected chi connectivity index (χ4v) is 3.04. The average Bonchev–Trinajstić information content (AvgIpc) is 2.81. The summed E-state index contributed by atoms with van der Waals surface area (Å²) in [5, 5.41) is 1.11. The lowest BCUT2D eigenvalue weighted by Gasteiger charge is -2.26. The quantitative estimate of drug-likeness (QED) is 0.569. The number of carbonyl (C=O) groups excluding carboxylic acids is 1. The SMILES string of the molecule is CCN(CC)c1ccc(SCC(=O)OC)n1C(C)C. The topological polar surface area (TPSA) is 34.5 Å². The van der Waals surface area contributed by atoms with Gasteiger partial charge in [0.1, 0.15) is 5.82 Å². The Balaban J connectivity index is 2.96. The first kappa shape index (κ1) is 16.0. The van der Waals surface area contributed by atoms with Gasteiger partial charge < -0.3 is 14.2 Å². The van der Waals surface area contributed by atoms with Crippen molar-refractivity contribution >= 4 is 23.5 Å². The molecular formula is C14H24N2O2S. The van der Waals surface area contributed by atoms with Gasteiger partial charge >= 0.3 is 5.97 Å². The highest BCUT2D eigenvalue weighted by Gasteiger charge is 2.16. The highest BCUT2D eigenvalue weighted by Crippen LogP contribution is 2.30. The molecule has 0 bridgehead atoms. The second kappa shape index (κ2) is 7.48. The maximum atomic E-state index is 11.3. The molecule has 0 fully saturated rings. The van der Waals surface area contributed by atoms with Crippen LogP contribution in [0.5, 0.6) is 0 Å². The van der Waals surface area contributed by atoms with Gasteiger partial charge in [-0.2, -0.15) is 0 Å². The van der Waals surface area contributed by atoms with Gasteiger partial charge in [-0.15, -0.1) is 0 Å². The molecule has 5 heteroatoms. The van der Waals surface area contributed by atoms with Crippen LogP contribution in [0.3, 0.4) is 0 Å². The summed E-state index contributed by atoms with van der Waals surface area (Å²) in [7, 11) is 1.42. The van der Waals surface area contributed by atoms with Crippen molar-refractivity contribution in [2.24, 2.45) is 0 Å². The minimum absolute atomic E-state index is 0.189. The van der Waals surface area contributed by atoms with Crippen molar-refractivity contribution in [3.63, 3.8) is 0 Å². The highest BCUT2D eigenvalue weighted by molar-refractivity contribution is 7.99. The molecule has 19 heavy (non-hydrogen) atoms. The van der Waals surface area contributed by atoms with E-state index in [1.165, 1.54) is 24.7 Å². The molecule has 0 amide bonds. The summed E-state index contributed by atoms with van der Waals surface area (Å²) in [6.45, 7) is 10.6. The Bertz CT molecular complexity index is 412. The van der Waals surface area contributed by atoms with Crippen LogP contribution in [0.2, 0.25) is 0 Å². The molecule has 1 aromatic rings. The normalized spacial score (nSPS) is 10.8. The van der Waals surface area contributed by atoms with Crippen LogP contribution in [0, 0.1) is 0 Å². The van der Waals surface area contributed by atoms with E-state index in [0.717, 1.165) is 18.1 Å². The summed E-state index contributed by atoms with van der Waals surface area (Å²) in [5.41, 5.74) is 0. The molecule has 4 nitrogen and oxygen atoms in total. The van der Waals surface area contributed by atoms with Crippen molar-refractivity contribution in [2.45, 2.75) is 38.8 Å².